The highest BCUT2D eigenvalue weighted by molar-refractivity contribution is 5.15. The third-order valence-corrected chi connectivity index (χ3v) is 2.75. The molecular weight excluding hydrogens is 206 g/mol. The summed E-state index contributed by atoms with van der Waals surface area (Å²) in [6.45, 7) is 2.06. The first-order valence-corrected chi connectivity index (χ1v) is 6.06. The van der Waals surface area contributed by atoms with E-state index in [2.05, 4.69) is 6.92 Å². The highest BCUT2D eigenvalue weighted by Crippen LogP contribution is 2.17. The predicted octanol–water partition coefficient (Wildman–Crippen LogP) is 4.49. The molecule has 0 saturated carbocycles. The Bertz CT molecular complexity index is 271. The molecule has 0 aliphatic heterocycles. The van der Waals surface area contributed by atoms with Crippen LogP contribution in [0, 0.1) is 0 Å². The van der Waals surface area contributed by atoms with E-state index in [0.717, 1.165) is 24.8 Å². The smallest absolute Gasteiger partial charge is 0.135 e. The van der Waals surface area contributed by atoms with Crippen molar-refractivity contribution in [2.45, 2.75) is 51.4 Å². The molecule has 0 aliphatic carbocycles. The Hall–Kier alpha value is -0.920. The van der Waals surface area contributed by atoms with Gasteiger partial charge in [0.25, 0.3) is 0 Å². The monoisotopic (exact) mass is 226 g/mol. The van der Waals surface area contributed by atoms with E-state index < -0.39 is 12.3 Å². The van der Waals surface area contributed by atoms with Crippen LogP contribution in [0.25, 0.3) is 0 Å². The van der Waals surface area contributed by atoms with Gasteiger partial charge in [0.1, 0.15) is 12.3 Å². The van der Waals surface area contributed by atoms with Crippen molar-refractivity contribution in [2.75, 3.05) is 0 Å². The second-order valence-corrected chi connectivity index (χ2v) is 4.22. The summed E-state index contributed by atoms with van der Waals surface area (Å²) < 4.78 is 27.0. The molecule has 1 aromatic rings. The highest BCUT2D eigenvalue weighted by Gasteiger charge is 2.19. The zero-order chi connectivity index (χ0) is 11.8. The fourth-order valence-electron chi connectivity index (χ4n) is 1.74. The Morgan fingerprint density at radius 2 is 1.69 bits per heavy atom. The minimum atomic E-state index is -1.36. The summed E-state index contributed by atoms with van der Waals surface area (Å²) in [5.41, 5.74) is 0.869. The van der Waals surface area contributed by atoms with Crippen LogP contribution in [-0.2, 0) is 6.42 Å². The Morgan fingerprint density at radius 3 is 2.31 bits per heavy atom. The molecule has 1 rings (SSSR count). The Kier molecular flexibility index (Phi) is 6.05. The van der Waals surface area contributed by atoms with Crippen LogP contribution in [0.1, 0.15) is 38.2 Å². The fraction of sp³-hybridized carbons (Fsp3) is 0.571. The van der Waals surface area contributed by atoms with Crippen LogP contribution >= 0.6 is 0 Å². The average Bonchev–Trinajstić information content (AvgIpc) is 2.30. The molecule has 0 N–H and O–H groups in total. The first-order valence-electron chi connectivity index (χ1n) is 6.06. The van der Waals surface area contributed by atoms with Gasteiger partial charge in [-0.15, -0.1) is 0 Å². The van der Waals surface area contributed by atoms with Gasteiger partial charge in [-0.05, 0) is 12.0 Å². The Labute approximate surface area is 96.7 Å². The van der Waals surface area contributed by atoms with Gasteiger partial charge in [-0.1, -0.05) is 56.5 Å². The third-order valence-electron chi connectivity index (χ3n) is 2.75. The van der Waals surface area contributed by atoms with Crippen LogP contribution in [0.4, 0.5) is 8.78 Å². The second-order valence-electron chi connectivity index (χ2n) is 4.22. The molecule has 0 saturated heterocycles. The van der Waals surface area contributed by atoms with Crippen molar-refractivity contribution in [3.8, 4) is 0 Å². The van der Waals surface area contributed by atoms with Crippen molar-refractivity contribution in [2.24, 2.45) is 0 Å². The zero-order valence-corrected chi connectivity index (χ0v) is 9.83. The number of halogens is 2. The van der Waals surface area contributed by atoms with E-state index in [1.54, 1.807) is 0 Å². The van der Waals surface area contributed by atoms with Crippen LogP contribution in [0.15, 0.2) is 30.3 Å². The third kappa shape index (κ3) is 4.73. The predicted molar refractivity (Wildman–Crippen MR) is 64.1 cm³/mol. The summed E-state index contributed by atoms with van der Waals surface area (Å²) >= 11 is 0. The molecule has 2 atom stereocenters. The largest absolute Gasteiger partial charge is 0.244 e. The van der Waals surface area contributed by atoms with Gasteiger partial charge in [0.05, 0.1) is 0 Å². The van der Waals surface area contributed by atoms with E-state index in [4.69, 9.17) is 0 Å². The molecular formula is C14H20F2. The van der Waals surface area contributed by atoms with E-state index in [1.807, 2.05) is 30.3 Å². The molecule has 90 valence electrons. The minimum Gasteiger partial charge on any atom is -0.244 e. The topological polar surface area (TPSA) is 0 Å². The van der Waals surface area contributed by atoms with Gasteiger partial charge in [-0.25, -0.2) is 8.78 Å². The summed E-state index contributed by atoms with van der Waals surface area (Å²) in [5, 5.41) is 0. The molecule has 0 aromatic heterocycles. The number of hydrogen-bond donors (Lipinski definition) is 0. The van der Waals surface area contributed by atoms with Crippen molar-refractivity contribution in [1.29, 1.82) is 0 Å². The zero-order valence-electron chi connectivity index (χ0n) is 9.83. The lowest BCUT2D eigenvalue weighted by molar-refractivity contribution is 0.154. The van der Waals surface area contributed by atoms with Crippen molar-refractivity contribution in [1.82, 2.24) is 0 Å². The Balaban J connectivity index is 2.31. The minimum absolute atomic E-state index is 0.189. The second kappa shape index (κ2) is 7.37. The van der Waals surface area contributed by atoms with Crippen molar-refractivity contribution in [3.63, 3.8) is 0 Å². The van der Waals surface area contributed by atoms with Crippen molar-refractivity contribution >= 4 is 0 Å². The summed E-state index contributed by atoms with van der Waals surface area (Å²) in [7, 11) is 0. The molecule has 2 heteroatoms. The SMILES string of the molecule is CCCCCC(F)C(F)Cc1ccccc1. The number of alkyl halides is 2. The molecule has 16 heavy (non-hydrogen) atoms. The normalized spacial score (nSPS) is 14.7. The number of benzene rings is 1. The molecule has 0 amide bonds. The molecule has 2 unspecified atom stereocenters. The first-order chi connectivity index (χ1) is 7.74. The highest BCUT2D eigenvalue weighted by atomic mass is 19.2. The summed E-state index contributed by atoms with van der Waals surface area (Å²) in [5.74, 6) is 0. The van der Waals surface area contributed by atoms with Crippen LogP contribution in [0.5, 0.6) is 0 Å². The first kappa shape index (κ1) is 13.1. The van der Waals surface area contributed by atoms with E-state index in [1.165, 1.54) is 0 Å². The standard InChI is InChI=1S/C14H20F2/c1-2-3-5-10-13(15)14(16)11-12-8-6-4-7-9-12/h4,6-9,13-14H,2-3,5,10-11H2,1H3. The molecule has 0 heterocycles. The van der Waals surface area contributed by atoms with Crippen LogP contribution < -0.4 is 0 Å². The van der Waals surface area contributed by atoms with Gasteiger partial charge in [0, 0.05) is 6.42 Å². The number of rotatable bonds is 7. The number of hydrogen-bond acceptors (Lipinski definition) is 0. The van der Waals surface area contributed by atoms with E-state index in [0.29, 0.717) is 6.42 Å². The van der Waals surface area contributed by atoms with Crippen molar-refractivity contribution in [3.05, 3.63) is 35.9 Å². The maximum atomic E-state index is 13.5. The molecule has 0 bridgehead atoms. The summed E-state index contributed by atoms with van der Waals surface area (Å²) in [4.78, 5) is 0. The Morgan fingerprint density at radius 1 is 1.00 bits per heavy atom. The molecule has 0 spiro atoms. The van der Waals surface area contributed by atoms with Gasteiger partial charge in [0.2, 0.25) is 0 Å². The lowest BCUT2D eigenvalue weighted by Crippen LogP contribution is -2.19. The molecule has 0 radical (unpaired) electrons. The van der Waals surface area contributed by atoms with Gasteiger partial charge in [-0.2, -0.15) is 0 Å². The van der Waals surface area contributed by atoms with E-state index in [9.17, 15) is 8.78 Å². The number of unbranched alkanes of at least 4 members (excludes halogenated alkanes) is 2. The lowest BCUT2D eigenvalue weighted by Gasteiger charge is -2.13. The van der Waals surface area contributed by atoms with E-state index >= 15 is 0 Å². The van der Waals surface area contributed by atoms with Gasteiger partial charge in [-0.3, -0.25) is 0 Å². The summed E-state index contributed by atoms with van der Waals surface area (Å²) in [6.07, 6.45) is 0.676. The molecule has 0 fully saturated rings. The van der Waals surface area contributed by atoms with Crippen LogP contribution in [0.3, 0.4) is 0 Å². The summed E-state index contributed by atoms with van der Waals surface area (Å²) in [6, 6.07) is 9.26. The quantitative estimate of drug-likeness (QED) is 0.601. The van der Waals surface area contributed by atoms with Gasteiger partial charge in [0.15, 0.2) is 0 Å². The van der Waals surface area contributed by atoms with Crippen LogP contribution in [0.2, 0.25) is 0 Å². The average molecular weight is 226 g/mol. The fourth-order valence-corrected chi connectivity index (χ4v) is 1.74. The van der Waals surface area contributed by atoms with Gasteiger partial charge < -0.3 is 0 Å². The lowest BCUT2D eigenvalue weighted by atomic mass is 10.0. The maximum Gasteiger partial charge on any atom is 0.135 e. The maximum absolute atomic E-state index is 13.5. The molecule has 1 aromatic carbocycles. The van der Waals surface area contributed by atoms with Crippen molar-refractivity contribution < 1.29 is 8.78 Å². The van der Waals surface area contributed by atoms with Gasteiger partial charge >= 0.3 is 0 Å². The van der Waals surface area contributed by atoms with E-state index in [-0.39, 0.29) is 6.42 Å². The molecule has 0 nitrogen and oxygen atoms in total. The van der Waals surface area contributed by atoms with Crippen LogP contribution in [-0.4, -0.2) is 12.3 Å². The molecule has 0 aliphatic rings.